The molecule has 0 aliphatic carbocycles. The Kier molecular flexibility index (Phi) is 7.61. The number of nitrogens with one attached hydrogen (secondary N) is 2. The number of amides is 1. The van der Waals surface area contributed by atoms with Crippen LogP contribution in [0.15, 0.2) is 79.0 Å². The zero-order valence-corrected chi connectivity index (χ0v) is 22.8. The number of aryl methyl sites for hydroxylation is 1. The number of anilines is 1. The monoisotopic (exact) mass is 557 g/mol. The summed E-state index contributed by atoms with van der Waals surface area (Å²) in [4.78, 5) is 30.7. The van der Waals surface area contributed by atoms with Crippen LogP contribution >= 0.6 is 12.2 Å². The van der Waals surface area contributed by atoms with E-state index in [0.29, 0.717) is 11.7 Å². The highest BCUT2D eigenvalue weighted by Crippen LogP contribution is 2.41. The van der Waals surface area contributed by atoms with Gasteiger partial charge in [0.1, 0.15) is 5.82 Å². The minimum absolute atomic E-state index is 0.0942. The first-order valence-corrected chi connectivity index (χ1v) is 13.2. The summed E-state index contributed by atoms with van der Waals surface area (Å²) in [5.41, 5.74) is 4.91. The largest absolute Gasteiger partial charge is 0.478 e. The van der Waals surface area contributed by atoms with Gasteiger partial charge in [0.2, 0.25) is 5.91 Å². The molecule has 3 N–H and O–H groups in total. The van der Waals surface area contributed by atoms with Crippen molar-refractivity contribution in [3.63, 3.8) is 0 Å². The number of carbonyl (C=O) groups is 2. The lowest BCUT2D eigenvalue weighted by Gasteiger charge is -2.28. The van der Waals surface area contributed by atoms with E-state index in [1.165, 1.54) is 12.1 Å². The Bertz CT molecular complexity index is 1570. The maximum absolute atomic E-state index is 14.1. The SMILES string of the molecule is Cc1cc([C@H]2[C@@H](c3ccccn3)NC(=S)N2CCC(=O)Nc2ccccc2F)c(C)n1-c1ccc(C(=O)O)cc1. The third-order valence-electron chi connectivity index (χ3n) is 7.09. The number of pyridine rings is 1. The van der Waals surface area contributed by atoms with Gasteiger partial charge < -0.3 is 25.2 Å². The van der Waals surface area contributed by atoms with Crippen LogP contribution in [-0.2, 0) is 4.79 Å². The Hall–Kier alpha value is -4.57. The molecule has 0 bridgehead atoms. The Morgan fingerprint density at radius 2 is 1.80 bits per heavy atom. The fourth-order valence-corrected chi connectivity index (χ4v) is 5.55. The molecule has 3 heterocycles. The van der Waals surface area contributed by atoms with Crippen LogP contribution in [0.4, 0.5) is 10.1 Å². The topological polar surface area (TPSA) is 99.5 Å². The van der Waals surface area contributed by atoms with Crippen molar-refractivity contribution >= 4 is 34.9 Å². The normalized spacial score (nSPS) is 16.6. The van der Waals surface area contributed by atoms with E-state index in [2.05, 4.69) is 26.3 Å². The van der Waals surface area contributed by atoms with Crippen LogP contribution in [-0.4, -0.2) is 43.1 Å². The van der Waals surface area contributed by atoms with Gasteiger partial charge in [0.15, 0.2) is 5.11 Å². The molecule has 5 rings (SSSR count). The van der Waals surface area contributed by atoms with Crippen LogP contribution in [0.3, 0.4) is 0 Å². The summed E-state index contributed by atoms with van der Waals surface area (Å²) in [5.74, 6) is -1.80. The molecular weight excluding hydrogens is 529 g/mol. The first-order chi connectivity index (χ1) is 19.2. The number of carboxylic acids is 1. The average Bonchev–Trinajstić information content (AvgIpc) is 3.43. The lowest BCUT2D eigenvalue weighted by atomic mass is 9.96. The third-order valence-corrected chi connectivity index (χ3v) is 7.44. The van der Waals surface area contributed by atoms with Crippen molar-refractivity contribution in [3.8, 4) is 5.69 Å². The maximum atomic E-state index is 14.1. The van der Waals surface area contributed by atoms with Gasteiger partial charge in [0.25, 0.3) is 0 Å². The second-order valence-electron chi connectivity index (χ2n) is 9.61. The summed E-state index contributed by atoms with van der Waals surface area (Å²) in [6.07, 6.45) is 1.83. The van der Waals surface area contributed by atoms with Gasteiger partial charge in [-0.2, -0.15) is 0 Å². The van der Waals surface area contributed by atoms with E-state index in [-0.39, 0.29) is 35.7 Å². The van der Waals surface area contributed by atoms with Gasteiger partial charge in [0.05, 0.1) is 29.0 Å². The van der Waals surface area contributed by atoms with Crippen molar-refractivity contribution in [2.24, 2.45) is 0 Å². The van der Waals surface area contributed by atoms with Crippen LogP contribution < -0.4 is 10.6 Å². The highest BCUT2D eigenvalue weighted by Gasteiger charge is 2.41. The van der Waals surface area contributed by atoms with E-state index in [9.17, 15) is 19.1 Å². The minimum Gasteiger partial charge on any atom is -0.478 e. The van der Waals surface area contributed by atoms with Crippen molar-refractivity contribution in [1.29, 1.82) is 0 Å². The average molecular weight is 558 g/mol. The summed E-state index contributed by atoms with van der Waals surface area (Å²) < 4.78 is 16.1. The van der Waals surface area contributed by atoms with Crippen molar-refractivity contribution < 1.29 is 19.1 Å². The molecule has 2 aromatic carbocycles. The maximum Gasteiger partial charge on any atom is 0.335 e. The van der Waals surface area contributed by atoms with Gasteiger partial charge in [0, 0.05) is 36.2 Å². The highest BCUT2D eigenvalue weighted by atomic mass is 32.1. The molecule has 40 heavy (non-hydrogen) atoms. The van der Waals surface area contributed by atoms with Crippen LogP contribution in [0.5, 0.6) is 0 Å². The van der Waals surface area contributed by atoms with Crippen molar-refractivity contribution in [2.45, 2.75) is 32.4 Å². The summed E-state index contributed by atoms with van der Waals surface area (Å²) >= 11 is 5.75. The van der Waals surface area contributed by atoms with E-state index >= 15 is 0 Å². The molecule has 2 atom stereocenters. The summed E-state index contributed by atoms with van der Waals surface area (Å²) in [6, 6.07) is 20.0. The molecule has 1 aliphatic rings. The number of rotatable bonds is 8. The van der Waals surface area contributed by atoms with Gasteiger partial charge in [-0.1, -0.05) is 18.2 Å². The molecule has 1 aliphatic heterocycles. The highest BCUT2D eigenvalue weighted by molar-refractivity contribution is 7.80. The molecule has 204 valence electrons. The molecule has 1 saturated heterocycles. The molecule has 0 spiro atoms. The van der Waals surface area contributed by atoms with Crippen LogP contribution in [0, 0.1) is 19.7 Å². The van der Waals surface area contributed by atoms with Gasteiger partial charge >= 0.3 is 5.97 Å². The Morgan fingerprint density at radius 1 is 1.07 bits per heavy atom. The zero-order chi connectivity index (χ0) is 28.4. The molecule has 0 saturated carbocycles. The van der Waals surface area contributed by atoms with Gasteiger partial charge in [-0.05, 0) is 86.2 Å². The van der Waals surface area contributed by atoms with E-state index < -0.39 is 11.8 Å². The quantitative estimate of drug-likeness (QED) is 0.252. The molecule has 1 amide bonds. The Morgan fingerprint density at radius 3 is 2.48 bits per heavy atom. The smallest absolute Gasteiger partial charge is 0.335 e. The number of aromatic nitrogens is 2. The lowest BCUT2D eigenvalue weighted by Crippen LogP contribution is -2.33. The number of hydrogen-bond donors (Lipinski definition) is 3. The number of thiocarbonyl (C=S) groups is 1. The van der Waals surface area contributed by atoms with Crippen LogP contribution in [0.1, 0.15) is 51.5 Å². The Labute approximate surface area is 236 Å². The zero-order valence-electron chi connectivity index (χ0n) is 22.0. The number of nitrogens with zero attached hydrogens (tertiary/aromatic N) is 3. The molecule has 10 heteroatoms. The predicted octanol–water partition coefficient (Wildman–Crippen LogP) is 5.33. The molecular formula is C30H28FN5O3S. The van der Waals surface area contributed by atoms with E-state index in [0.717, 1.165) is 28.3 Å². The number of carbonyl (C=O) groups excluding carboxylic acids is 1. The fourth-order valence-electron chi connectivity index (χ4n) is 5.22. The third kappa shape index (κ3) is 5.30. The van der Waals surface area contributed by atoms with Gasteiger partial charge in [-0.15, -0.1) is 0 Å². The number of aromatic carboxylic acids is 1. The van der Waals surface area contributed by atoms with E-state index in [4.69, 9.17) is 12.2 Å². The number of benzene rings is 2. The predicted molar refractivity (Wildman–Crippen MR) is 154 cm³/mol. The van der Waals surface area contributed by atoms with Crippen molar-refractivity contribution in [1.82, 2.24) is 19.8 Å². The summed E-state index contributed by atoms with van der Waals surface area (Å²) in [6.45, 7) is 4.30. The molecule has 0 unspecified atom stereocenters. The van der Waals surface area contributed by atoms with Crippen molar-refractivity contribution in [3.05, 3.63) is 113 Å². The summed E-state index contributed by atoms with van der Waals surface area (Å²) in [7, 11) is 0. The van der Waals surface area contributed by atoms with Gasteiger partial charge in [-0.25, -0.2) is 9.18 Å². The lowest BCUT2D eigenvalue weighted by molar-refractivity contribution is -0.116. The molecule has 1 fully saturated rings. The fraction of sp³-hybridized carbons (Fsp3) is 0.200. The van der Waals surface area contributed by atoms with Crippen LogP contribution in [0.2, 0.25) is 0 Å². The second kappa shape index (κ2) is 11.3. The number of carboxylic acid groups (broad SMARTS) is 1. The van der Waals surface area contributed by atoms with E-state index in [1.807, 2.05) is 36.9 Å². The standard InChI is InChI=1S/C30H28FN5O3S/c1-18-17-22(19(2)36(18)21-12-10-20(11-13-21)29(38)39)28-27(25-9-5-6-15-32-25)34-30(40)35(28)16-14-26(37)33-24-8-4-3-7-23(24)31/h3-13,15,17,27-28H,14,16H2,1-2H3,(H,33,37)(H,34,40)(H,38,39)/t27-,28+/m1/s1. The molecule has 0 radical (unpaired) electrons. The second-order valence-corrected chi connectivity index (χ2v) is 10.00. The molecule has 2 aromatic heterocycles. The Balaban J connectivity index is 1.47. The number of para-hydroxylation sites is 1. The first-order valence-electron chi connectivity index (χ1n) is 12.8. The number of hydrogen-bond acceptors (Lipinski definition) is 4. The molecule has 8 nitrogen and oxygen atoms in total. The van der Waals surface area contributed by atoms with Gasteiger partial charge in [-0.3, -0.25) is 9.78 Å². The molecule has 4 aromatic rings. The van der Waals surface area contributed by atoms with E-state index in [1.54, 1.807) is 42.6 Å². The van der Waals surface area contributed by atoms with Crippen LogP contribution in [0.25, 0.3) is 5.69 Å². The minimum atomic E-state index is -0.980. The summed E-state index contributed by atoms with van der Waals surface area (Å²) in [5, 5.41) is 15.8. The first kappa shape index (κ1) is 27.0. The van der Waals surface area contributed by atoms with Crippen molar-refractivity contribution in [2.75, 3.05) is 11.9 Å². The number of halogens is 1.